The maximum Gasteiger partial charge on any atom is 0.144 e. The van der Waals surface area contributed by atoms with Gasteiger partial charge in [-0.3, -0.25) is 4.79 Å². The topological polar surface area (TPSA) is 29.1 Å². The number of rotatable bonds is 5. The van der Waals surface area contributed by atoms with Gasteiger partial charge in [0.05, 0.1) is 0 Å². The zero-order valence-corrected chi connectivity index (χ0v) is 12.2. The predicted octanol–water partition coefficient (Wildman–Crippen LogP) is 3.28. The van der Waals surface area contributed by atoms with E-state index < -0.39 is 0 Å². The van der Waals surface area contributed by atoms with Gasteiger partial charge in [-0.15, -0.1) is 0 Å². The number of hydrogen-bond acceptors (Lipinski definition) is 2. The summed E-state index contributed by atoms with van der Waals surface area (Å²) in [5, 5.41) is 3.42. The third-order valence-electron chi connectivity index (χ3n) is 4.40. The number of carbonyl (C=O) groups is 1. The third-order valence-corrected chi connectivity index (χ3v) is 4.40. The van der Waals surface area contributed by atoms with Crippen molar-refractivity contribution in [3.63, 3.8) is 0 Å². The Morgan fingerprint density at radius 2 is 2.16 bits per heavy atom. The summed E-state index contributed by atoms with van der Waals surface area (Å²) in [7, 11) is 0. The highest BCUT2D eigenvalue weighted by Crippen LogP contribution is 2.34. The largest absolute Gasteiger partial charge is 0.316 e. The maximum atomic E-state index is 12.8. The van der Waals surface area contributed by atoms with Crippen molar-refractivity contribution in [2.24, 2.45) is 5.41 Å². The van der Waals surface area contributed by atoms with Crippen molar-refractivity contribution in [3.05, 3.63) is 35.4 Å². The highest BCUT2D eigenvalue weighted by Gasteiger charge is 2.37. The first kappa shape index (κ1) is 14.3. The van der Waals surface area contributed by atoms with E-state index in [9.17, 15) is 4.79 Å². The van der Waals surface area contributed by atoms with E-state index in [-0.39, 0.29) is 5.41 Å². The first-order chi connectivity index (χ1) is 9.18. The molecule has 0 amide bonds. The molecule has 0 aliphatic carbocycles. The quantitative estimate of drug-likeness (QED) is 0.879. The first-order valence-electron chi connectivity index (χ1n) is 7.46. The van der Waals surface area contributed by atoms with E-state index in [1.165, 1.54) is 11.1 Å². The molecule has 1 heterocycles. The molecular weight excluding hydrogens is 234 g/mol. The van der Waals surface area contributed by atoms with E-state index in [1.54, 1.807) is 0 Å². The summed E-state index contributed by atoms with van der Waals surface area (Å²) in [5.74, 6) is 0.427. The lowest BCUT2D eigenvalue weighted by Gasteiger charge is -2.36. The van der Waals surface area contributed by atoms with Crippen LogP contribution in [0.15, 0.2) is 24.3 Å². The van der Waals surface area contributed by atoms with Gasteiger partial charge >= 0.3 is 0 Å². The number of piperidine rings is 1. The molecule has 2 heteroatoms. The predicted molar refractivity (Wildman–Crippen MR) is 79.3 cm³/mol. The molecule has 2 nitrogen and oxygen atoms in total. The van der Waals surface area contributed by atoms with Crippen LogP contribution >= 0.6 is 0 Å². The van der Waals surface area contributed by atoms with Crippen LogP contribution in [0.25, 0.3) is 0 Å². The molecular formula is C17H25NO. The van der Waals surface area contributed by atoms with Crippen LogP contribution in [0, 0.1) is 12.3 Å². The second kappa shape index (κ2) is 6.33. The molecule has 1 unspecified atom stereocenters. The Morgan fingerprint density at radius 1 is 1.37 bits per heavy atom. The average molecular weight is 259 g/mol. The van der Waals surface area contributed by atoms with Gasteiger partial charge in [0.2, 0.25) is 0 Å². The van der Waals surface area contributed by atoms with Crippen molar-refractivity contribution in [1.29, 1.82) is 0 Å². The van der Waals surface area contributed by atoms with Crippen molar-refractivity contribution < 1.29 is 4.79 Å². The molecule has 1 aliphatic heterocycles. The number of Topliss-reactive ketones (excluding diaryl/α,β-unsaturated/α-hetero) is 1. The fourth-order valence-electron chi connectivity index (χ4n) is 3.21. The molecule has 1 atom stereocenters. The Morgan fingerprint density at radius 3 is 2.79 bits per heavy atom. The van der Waals surface area contributed by atoms with Gasteiger partial charge in [-0.25, -0.2) is 0 Å². The minimum absolute atomic E-state index is 0.116. The summed E-state index contributed by atoms with van der Waals surface area (Å²) in [4.78, 5) is 12.8. The zero-order valence-electron chi connectivity index (χ0n) is 12.2. The van der Waals surface area contributed by atoms with E-state index in [1.807, 2.05) is 12.1 Å². The number of nitrogens with one attached hydrogen (secondary N) is 1. The summed E-state index contributed by atoms with van der Waals surface area (Å²) in [6, 6.07) is 8.24. The first-order valence-corrected chi connectivity index (χ1v) is 7.46. The van der Waals surface area contributed by atoms with Gasteiger partial charge in [0, 0.05) is 18.4 Å². The van der Waals surface area contributed by atoms with Crippen LogP contribution in [0.4, 0.5) is 0 Å². The Balaban J connectivity index is 2.14. The van der Waals surface area contributed by atoms with Gasteiger partial charge in [0.25, 0.3) is 0 Å². The number of ketones is 1. The van der Waals surface area contributed by atoms with Crippen LogP contribution < -0.4 is 5.32 Å². The van der Waals surface area contributed by atoms with Gasteiger partial charge in [-0.05, 0) is 43.9 Å². The van der Waals surface area contributed by atoms with E-state index in [0.29, 0.717) is 12.2 Å². The third kappa shape index (κ3) is 3.24. The standard InChI is InChI=1S/C17H25NO/c1-3-9-17(10-6-11-18-13-17)16(19)12-15-8-5-4-7-14(15)2/h4-5,7-8,18H,3,6,9-13H2,1-2H3. The molecule has 104 valence electrons. The van der Waals surface area contributed by atoms with Crippen molar-refractivity contribution in [3.8, 4) is 0 Å². The molecule has 1 saturated heterocycles. The van der Waals surface area contributed by atoms with Crippen LogP contribution in [-0.4, -0.2) is 18.9 Å². The molecule has 2 rings (SSSR count). The van der Waals surface area contributed by atoms with Crippen LogP contribution in [-0.2, 0) is 11.2 Å². The molecule has 1 aliphatic rings. The molecule has 1 N–H and O–H groups in total. The Labute approximate surface area is 116 Å². The molecule has 1 aromatic rings. The zero-order chi connectivity index (χ0) is 13.7. The summed E-state index contributed by atoms with van der Waals surface area (Å²) < 4.78 is 0. The lowest BCUT2D eigenvalue weighted by molar-refractivity contribution is -0.129. The molecule has 0 radical (unpaired) electrons. The molecule has 1 aromatic carbocycles. The fraction of sp³-hybridized carbons (Fsp3) is 0.588. The van der Waals surface area contributed by atoms with E-state index in [0.717, 1.165) is 38.8 Å². The summed E-state index contributed by atoms with van der Waals surface area (Å²) >= 11 is 0. The number of benzene rings is 1. The van der Waals surface area contributed by atoms with Gasteiger partial charge in [0.15, 0.2) is 0 Å². The van der Waals surface area contributed by atoms with Gasteiger partial charge in [0.1, 0.15) is 5.78 Å². The fourth-order valence-corrected chi connectivity index (χ4v) is 3.21. The molecule has 1 fully saturated rings. The van der Waals surface area contributed by atoms with Crippen molar-refractivity contribution in [2.75, 3.05) is 13.1 Å². The van der Waals surface area contributed by atoms with Gasteiger partial charge in [-0.1, -0.05) is 37.6 Å². The van der Waals surface area contributed by atoms with Gasteiger partial charge in [-0.2, -0.15) is 0 Å². The maximum absolute atomic E-state index is 12.8. The van der Waals surface area contributed by atoms with E-state index in [2.05, 4.69) is 31.3 Å². The van der Waals surface area contributed by atoms with Crippen LogP contribution in [0.1, 0.15) is 43.7 Å². The number of carbonyl (C=O) groups excluding carboxylic acids is 1. The van der Waals surface area contributed by atoms with Crippen LogP contribution in [0.5, 0.6) is 0 Å². The van der Waals surface area contributed by atoms with E-state index >= 15 is 0 Å². The van der Waals surface area contributed by atoms with Crippen LogP contribution in [0.3, 0.4) is 0 Å². The minimum Gasteiger partial charge on any atom is -0.316 e. The second-order valence-electron chi connectivity index (χ2n) is 5.84. The van der Waals surface area contributed by atoms with Crippen molar-refractivity contribution in [1.82, 2.24) is 5.32 Å². The van der Waals surface area contributed by atoms with Gasteiger partial charge < -0.3 is 5.32 Å². The molecule has 0 aromatic heterocycles. The SMILES string of the molecule is CCCC1(C(=O)Cc2ccccc2C)CCCNC1. The monoisotopic (exact) mass is 259 g/mol. The lowest BCUT2D eigenvalue weighted by atomic mass is 9.72. The lowest BCUT2D eigenvalue weighted by Crippen LogP contribution is -2.46. The second-order valence-corrected chi connectivity index (χ2v) is 5.84. The van der Waals surface area contributed by atoms with Crippen molar-refractivity contribution in [2.45, 2.75) is 46.0 Å². The Bertz CT molecular complexity index is 427. The number of hydrogen-bond donors (Lipinski definition) is 1. The highest BCUT2D eigenvalue weighted by atomic mass is 16.1. The summed E-state index contributed by atoms with van der Waals surface area (Å²) in [6.07, 6.45) is 4.87. The smallest absolute Gasteiger partial charge is 0.144 e. The number of aryl methyl sites for hydroxylation is 1. The average Bonchev–Trinajstić information content (AvgIpc) is 2.42. The minimum atomic E-state index is -0.116. The molecule has 19 heavy (non-hydrogen) atoms. The molecule has 0 bridgehead atoms. The Kier molecular flexibility index (Phi) is 4.76. The Hall–Kier alpha value is -1.15. The highest BCUT2D eigenvalue weighted by molar-refractivity contribution is 5.87. The van der Waals surface area contributed by atoms with Crippen molar-refractivity contribution >= 4 is 5.78 Å². The van der Waals surface area contributed by atoms with E-state index in [4.69, 9.17) is 0 Å². The summed E-state index contributed by atoms with van der Waals surface area (Å²) in [5.41, 5.74) is 2.30. The normalized spacial score (nSPS) is 23.3. The molecule has 0 saturated carbocycles. The molecule has 0 spiro atoms. The van der Waals surface area contributed by atoms with Crippen LogP contribution in [0.2, 0.25) is 0 Å². The summed E-state index contributed by atoms with van der Waals surface area (Å²) in [6.45, 7) is 6.19.